The van der Waals surface area contributed by atoms with Gasteiger partial charge in [-0.3, -0.25) is 9.59 Å². The molecule has 0 spiro atoms. The van der Waals surface area contributed by atoms with Gasteiger partial charge in [0.1, 0.15) is 34.1 Å². The molecule has 5 rings (SSSR count). The Labute approximate surface area is 212 Å². The highest BCUT2D eigenvalue weighted by Crippen LogP contribution is 2.42. The monoisotopic (exact) mass is 505 g/mol. The van der Waals surface area contributed by atoms with Gasteiger partial charge < -0.3 is 29.4 Å². The number of aromatic nitrogens is 2. The van der Waals surface area contributed by atoms with E-state index in [-0.39, 0.29) is 41.7 Å². The Bertz CT molecular complexity index is 1580. The molecule has 8 nitrogen and oxygen atoms in total. The number of halogens is 1. The largest absolute Gasteiger partial charge is 0.456 e. The van der Waals surface area contributed by atoms with E-state index in [0.717, 1.165) is 0 Å². The topological polar surface area (TPSA) is 106 Å². The van der Waals surface area contributed by atoms with Gasteiger partial charge in [0.2, 0.25) is 0 Å². The molecule has 0 saturated carbocycles. The Hall–Kier alpha value is -3.95. The maximum atomic E-state index is 13.9. The van der Waals surface area contributed by atoms with Gasteiger partial charge in [0.05, 0.1) is 13.2 Å². The van der Waals surface area contributed by atoms with E-state index >= 15 is 0 Å². The number of nitrogens with zero attached hydrogens (tertiary/aromatic N) is 1. The highest BCUT2D eigenvalue weighted by Gasteiger charge is 2.38. The summed E-state index contributed by atoms with van der Waals surface area (Å²) in [6, 6.07) is 9.77. The molecule has 0 aliphatic carbocycles. The van der Waals surface area contributed by atoms with E-state index in [2.05, 4.69) is 10.3 Å². The van der Waals surface area contributed by atoms with E-state index < -0.39 is 5.60 Å². The van der Waals surface area contributed by atoms with Crippen LogP contribution in [0.4, 0.5) is 4.39 Å². The summed E-state index contributed by atoms with van der Waals surface area (Å²) in [4.78, 5) is 28.5. The zero-order chi connectivity index (χ0) is 26.5. The van der Waals surface area contributed by atoms with Crippen LogP contribution in [0.5, 0.6) is 11.5 Å². The van der Waals surface area contributed by atoms with Crippen LogP contribution in [-0.2, 0) is 17.4 Å². The Morgan fingerprint density at radius 2 is 1.89 bits per heavy atom. The molecule has 3 N–H and O–H groups in total. The number of carbonyl (C=O) groups is 1. The van der Waals surface area contributed by atoms with E-state index in [1.807, 2.05) is 13.0 Å². The van der Waals surface area contributed by atoms with Crippen LogP contribution in [0.1, 0.15) is 34.1 Å². The zero-order valence-corrected chi connectivity index (χ0v) is 21.1. The van der Waals surface area contributed by atoms with E-state index in [1.165, 1.54) is 16.7 Å². The van der Waals surface area contributed by atoms with Crippen molar-refractivity contribution in [3.05, 3.63) is 81.2 Å². The molecule has 1 aliphatic rings. The molecule has 4 aromatic rings. The predicted molar refractivity (Wildman–Crippen MR) is 138 cm³/mol. The van der Waals surface area contributed by atoms with E-state index in [9.17, 15) is 19.1 Å². The molecular formula is C28H28FN3O5. The van der Waals surface area contributed by atoms with E-state index in [0.29, 0.717) is 51.2 Å². The average molecular weight is 506 g/mol. The van der Waals surface area contributed by atoms with Gasteiger partial charge >= 0.3 is 0 Å². The van der Waals surface area contributed by atoms with Crippen molar-refractivity contribution in [1.29, 1.82) is 0 Å². The van der Waals surface area contributed by atoms with Crippen molar-refractivity contribution in [3.8, 4) is 22.6 Å². The smallest absolute Gasteiger partial charge is 0.274 e. The van der Waals surface area contributed by atoms with Crippen LogP contribution < -0.4 is 15.6 Å². The Morgan fingerprint density at radius 1 is 1.19 bits per heavy atom. The molecule has 192 valence electrons. The number of carbonyl (C=O) groups excluding carboxylic acids is 1. The van der Waals surface area contributed by atoms with Crippen LogP contribution in [0.25, 0.3) is 22.0 Å². The first kappa shape index (κ1) is 24.7. The fourth-order valence-electron chi connectivity index (χ4n) is 4.68. The van der Waals surface area contributed by atoms with Crippen molar-refractivity contribution >= 4 is 16.8 Å². The number of aromatic amines is 1. The number of rotatable bonds is 6. The summed E-state index contributed by atoms with van der Waals surface area (Å²) >= 11 is 0. The first-order chi connectivity index (χ1) is 17.6. The van der Waals surface area contributed by atoms with Crippen LogP contribution in [-0.4, -0.2) is 40.3 Å². The number of hydrogen-bond acceptors (Lipinski definition) is 5. The number of pyridine rings is 1. The molecule has 1 amide bonds. The number of hydrogen-bond donors (Lipinski definition) is 3. The molecule has 3 heterocycles. The average Bonchev–Trinajstić information content (AvgIpc) is 3.28. The van der Waals surface area contributed by atoms with Crippen molar-refractivity contribution in [2.24, 2.45) is 7.05 Å². The summed E-state index contributed by atoms with van der Waals surface area (Å²) in [6.45, 7) is 6.12. The van der Waals surface area contributed by atoms with Crippen LogP contribution in [0.2, 0.25) is 0 Å². The van der Waals surface area contributed by atoms with Crippen molar-refractivity contribution in [3.63, 3.8) is 0 Å². The normalized spacial score (nSPS) is 14.4. The molecular weight excluding hydrogens is 477 g/mol. The van der Waals surface area contributed by atoms with Gasteiger partial charge in [-0.25, -0.2) is 4.39 Å². The number of benzene rings is 2. The minimum Gasteiger partial charge on any atom is -0.456 e. The standard InChI is InChI=1S/C28H28FN3O5/c1-5-30-26(33)22-11-20-21(12-32(4)27(34)24(20)31-22)19-10-17(28(35)13-36-14-28)6-7-23(19)37-25-15(2)8-18(29)9-16(25)3/h6-12,31,35H,5,13-14H2,1-4H3,(H,30,33). The molecule has 0 bridgehead atoms. The number of nitrogens with one attached hydrogen (secondary N) is 2. The number of aryl methyl sites for hydroxylation is 3. The molecule has 0 radical (unpaired) electrons. The second-order valence-corrected chi connectivity index (χ2v) is 9.50. The predicted octanol–water partition coefficient (Wildman–Crippen LogP) is 4.05. The molecule has 2 aromatic heterocycles. The third kappa shape index (κ3) is 4.30. The molecule has 1 saturated heterocycles. The van der Waals surface area contributed by atoms with Crippen molar-refractivity contribution in [2.75, 3.05) is 19.8 Å². The number of amides is 1. The summed E-state index contributed by atoms with van der Waals surface area (Å²) in [5, 5.41) is 14.3. The van der Waals surface area contributed by atoms with Gasteiger partial charge in [0.25, 0.3) is 11.5 Å². The number of H-pyrrole nitrogens is 1. The Kier molecular flexibility index (Phi) is 6.13. The first-order valence-electron chi connectivity index (χ1n) is 12.0. The summed E-state index contributed by atoms with van der Waals surface area (Å²) in [7, 11) is 1.63. The van der Waals surface area contributed by atoms with Gasteiger partial charge in [-0.2, -0.15) is 0 Å². The second-order valence-electron chi connectivity index (χ2n) is 9.50. The number of fused-ring (bicyclic) bond motifs is 1. The lowest BCUT2D eigenvalue weighted by molar-refractivity contribution is -0.184. The van der Waals surface area contributed by atoms with Gasteiger partial charge in [0.15, 0.2) is 0 Å². The van der Waals surface area contributed by atoms with E-state index in [1.54, 1.807) is 45.3 Å². The molecule has 1 aliphatic heterocycles. The maximum Gasteiger partial charge on any atom is 0.274 e. The quantitative estimate of drug-likeness (QED) is 0.367. The van der Waals surface area contributed by atoms with Crippen molar-refractivity contribution in [2.45, 2.75) is 26.4 Å². The maximum absolute atomic E-state index is 13.9. The van der Waals surface area contributed by atoms with E-state index in [4.69, 9.17) is 9.47 Å². The molecule has 9 heteroatoms. The van der Waals surface area contributed by atoms with Gasteiger partial charge in [-0.05, 0) is 67.8 Å². The minimum absolute atomic E-state index is 0.164. The lowest BCUT2D eigenvalue weighted by Gasteiger charge is -2.37. The third-order valence-corrected chi connectivity index (χ3v) is 6.67. The van der Waals surface area contributed by atoms with Crippen molar-refractivity contribution < 1.29 is 23.8 Å². The summed E-state index contributed by atoms with van der Waals surface area (Å²) in [6.07, 6.45) is 1.68. The third-order valence-electron chi connectivity index (χ3n) is 6.67. The summed E-state index contributed by atoms with van der Waals surface area (Å²) < 4.78 is 27.0. The number of ether oxygens (including phenoxy) is 2. The molecule has 37 heavy (non-hydrogen) atoms. The minimum atomic E-state index is -1.14. The second kappa shape index (κ2) is 9.17. The van der Waals surface area contributed by atoms with Crippen LogP contribution in [0, 0.1) is 19.7 Å². The molecule has 2 aromatic carbocycles. The zero-order valence-electron chi connectivity index (χ0n) is 21.1. The Balaban J connectivity index is 1.74. The van der Waals surface area contributed by atoms with Crippen LogP contribution in [0.3, 0.4) is 0 Å². The molecule has 0 atom stereocenters. The number of aliphatic hydroxyl groups is 1. The van der Waals surface area contributed by atoms with Crippen LogP contribution in [0.15, 0.2) is 47.4 Å². The SMILES string of the molecule is CCNC(=O)c1cc2c(-c3cc(C4(O)COC4)ccc3Oc3c(C)cc(F)cc3C)cn(C)c(=O)c2[nH]1. The fourth-order valence-corrected chi connectivity index (χ4v) is 4.68. The lowest BCUT2D eigenvalue weighted by atomic mass is 9.89. The molecule has 0 unspecified atom stereocenters. The highest BCUT2D eigenvalue weighted by molar-refractivity contribution is 6.03. The molecule has 1 fully saturated rings. The Morgan fingerprint density at radius 3 is 2.51 bits per heavy atom. The van der Waals surface area contributed by atoms with Gasteiger partial charge in [-0.1, -0.05) is 6.07 Å². The van der Waals surface area contributed by atoms with Gasteiger partial charge in [0, 0.05) is 36.3 Å². The van der Waals surface area contributed by atoms with Crippen LogP contribution >= 0.6 is 0 Å². The summed E-state index contributed by atoms with van der Waals surface area (Å²) in [5.74, 6) is 0.288. The first-order valence-corrected chi connectivity index (χ1v) is 12.0. The lowest BCUT2D eigenvalue weighted by Crippen LogP contribution is -2.46. The van der Waals surface area contributed by atoms with Crippen molar-refractivity contribution in [1.82, 2.24) is 14.9 Å². The highest BCUT2D eigenvalue weighted by atomic mass is 19.1. The fraction of sp³-hybridized carbons (Fsp3) is 0.286. The summed E-state index contributed by atoms with van der Waals surface area (Å²) in [5.41, 5.74) is 2.23. The van der Waals surface area contributed by atoms with Gasteiger partial charge in [-0.15, -0.1) is 0 Å².